The van der Waals surface area contributed by atoms with Gasteiger partial charge in [-0.2, -0.15) is 11.8 Å². The number of hydrogen-bond donors (Lipinski definition) is 2. The van der Waals surface area contributed by atoms with Crippen molar-refractivity contribution >= 4 is 11.8 Å². The zero-order valence-corrected chi connectivity index (χ0v) is 10.0. The number of hydrogen-bond acceptors (Lipinski definition) is 3. The number of rotatable bonds is 5. The summed E-state index contributed by atoms with van der Waals surface area (Å²) < 4.78 is 0. The van der Waals surface area contributed by atoms with Gasteiger partial charge < -0.3 is 10.8 Å². The lowest BCUT2D eigenvalue weighted by Gasteiger charge is -2.32. The second-order valence-corrected chi connectivity index (χ2v) is 5.83. The van der Waals surface area contributed by atoms with Gasteiger partial charge in [0.1, 0.15) is 0 Å². The van der Waals surface area contributed by atoms with Gasteiger partial charge in [-0.15, -0.1) is 0 Å². The molecule has 2 atom stereocenters. The highest BCUT2D eigenvalue weighted by Crippen LogP contribution is 2.26. The fourth-order valence-corrected chi connectivity index (χ4v) is 2.36. The van der Waals surface area contributed by atoms with Gasteiger partial charge in [0.25, 0.3) is 0 Å². The molecule has 13 heavy (non-hydrogen) atoms. The van der Waals surface area contributed by atoms with Crippen LogP contribution < -0.4 is 5.73 Å². The Morgan fingerprint density at radius 3 is 2.23 bits per heavy atom. The molecule has 0 rings (SSSR count). The van der Waals surface area contributed by atoms with Crippen LogP contribution in [0.3, 0.4) is 0 Å². The molecule has 3 N–H and O–H groups in total. The third kappa shape index (κ3) is 4.89. The molecule has 0 aliphatic rings. The summed E-state index contributed by atoms with van der Waals surface area (Å²) >= 11 is 1.78. The molecule has 0 aromatic heterocycles. The van der Waals surface area contributed by atoms with E-state index in [-0.39, 0.29) is 23.3 Å². The first-order valence-corrected chi connectivity index (χ1v) is 5.96. The van der Waals surface area contributed by atoms with Gasteiger partial charge in [0, 0.05) is 11.3 Å². The Hall–Kier alpha value is 0.270. The predicted molar refractivity (Wildman–Crippen MR) is 61.1 cm³/mol. The summed E-state index contributed by atoms with van der Waals surface area (Å²) in [6.07, 6.45) is 1.14. The summed E-state index contributed by atoms with van der Waals surface area (Å²) in [6.45, 7) is 8.68. The maximum atomic E-state index is 9.19. The van der Waals surface area contributed by atoms with Gasteiger partial charge in [0.15, 0.2) is 0 Å². The van der Waals surface area contributed by atoms with Crippen LogP contribution in [-0.2, 0) is 0 Å². The number of aliphatic hydroxyl groups excluding tert-OH is 1. The van der Waals surface area contributed by atoms with Crippen molar-refractivity contribution in [2.45, 2.75) is 45.4 Å². The van der Waals surface area contributed by atoms with Crippen LogP contribution in [0.25, 0.3) is 0 Å². The van der Waals surface area contributed by atoms with E-state index in [9.17, 15) is 5.11 Å². The minimum atomic E-state index is 0.0639. The average Bonchev–Trinajstić information content (AvgIpc) is 2.04. The molecule has 0 fully saturated rings. The molecule has 0 saturated carbocycles. The summed E-state index contributed by atoms with van der Waals surface area (Å²) in [5, 5.41) is 9.37. The highest BCUT2D eigenvalue weighted by atomic mass is 32.2. The van der Waals surface area contributed by atoms with Crippen LogP contribution in [0.15, 0.2) is 0 Å². The Morgan fingerprint density at radius 2 is 1.92 bits per heavy atom. The lowest BCUT2D eigenvalue weighted by atomic mass is 9.85. The highest BCUT2D eigenvalue weighted by Gasteiger charge is 2.28. The third-order valence-corrected chi connectivity index (χ3v) is 3.63. The van der Waals surface area contributed by atoms with Crippen molar-refractivity contribution in [3.8, 4) is 0 Å². The highest BCUT2D eigenvalue weighted by molar-refractivity contribution is 7.99. The standard InChI is InChI=1S/C10H23NOS/c1-5-6-13-8(7-12)9(11)10(2,3)4/h8-9,12H,5-7,11H2,1-4H3. The zero-order chi connectivity index (χ0) is 10.5. The summed E-state index contributed by atoms with van der Waals surface area (Å²) in [5.41, 5.74) is 6.14. The van der Waals surface area contributed by atoms with Gasteiger partial charge in [-0.05, 0) is 17.6 Å². The molecule has 0 heterocycles. The van der Waals surface area contributed by atoms with Crippen molar-refractivity contribution in [2.75, 3.05) is 12.4 Å². The second kappa shape index (κ2) is 5.89. The van der Waals surface area contributed by atoms with Crippen molar-refractivity contribution in [3.63, 3.8) is 0 Å². The molecule has 2 unspecified atom stereocenters. The van der Waals surface area contributed by atoms with Gasteiger partial charge in [0.2, 0.25) is 0 Å². The van der Waals surface area contributed by atoms with Crippen molar-refractivity contribution in [3.05, 3.63) is 0 Å². The Balaban J connectivity index is 4.07. The van der Waals surface area contributed by atoms with Gasteiger partial charge in [-0.3, -0.25) is 0 Å². The normalized spacial score (nSPS) is 17.1. The smallest absolute Gasteiger partial charge is 0.0565 e. The van der Waals surface area contributed by atoms with Crippen LogP contribution >= 0.6 is 11.8 Å². The van der Waals surface area contributed by atoms with Gasteiger partial charge in [-0.1, -0.05) is 27.7 Å². The monoisotopic (exact) mass is 205 g/mol. The van der Waals surface area contributed by atoms with E-state index < -0.39 is 0 Å². The van der Waals surface area contributed by atoms with E-state index in [1.807, 2.05) is 0 Å². The molecule has 0 amide bonds. The first-order valence-electron chi connectivity index (χ1n) is 4.91. The lowest BCUT2D eigenvalue weighted by molar-refractivity contribution is 0.233. The molecule has 0 aromatic rings. The Labute approximate surface area is 86.3 Å². The number of thioether (sulfide) groups is 1. The van der Waals surface area contributed by atoms with E-state index in [1.54, 1.807) is 11.8 Å². The van der Waals surface area contributed by atoms with E-state index in [0.717, 1.165) is 12.2 Å². The molecular weight excluding hydrogens is 182 g/mol. The average molecular weight is 205 g/mol. The minimum Gasteiger partial charge on any atom is -0.395 e. The topological polar surface area (TPSA) is 46.2 Å². The van der Waals surface area contributed by atoms with Crippen molar-refractivity contribution in [2.24, 2.45) is 11.1 Å². The molecule has 0 bridgehead atoms. The third-order valence-electron chi connectivity index (χ3n) is 2.12. The Bertz CT molecular complexity index is 133. The molecule has 2 nitrogen and oxygen atoms in total. The Kier molecular flexibility index (Phi) is 6.01. The fourth-order valence-electron chi connectivity index (χ4n) is 1.10. The molecular formula is C10H23NOS. The molecule has 0 saturated heterocycles. The number of nitrogens with two attached hydrogens (primary N) is 1. The van der Waals surface area contributed by atoms with Gasteiger partial charge in [-0.25, -0.2) is 0 Å². The SMILES string of the molecule is CCCSC(CO)C(N)C(C)(C)C. The van der Waals surface area contributed by atoms with E-state index in [1.165, 1.54) is 0 Å². The van der Waals surface area contributed by atoms with E-state index >= 15 is 0 Å². The summed E-state index contributed by atoms with van der Waals surface area (Å²) in [5.74, 6) is 1.08. The summed E-state index contributed by atoms with van der Waals surface area (Å²) in [6, 6.07) is 0.0639. The van der Waals surface area contributed by atoms with Crippen molar-refractivity contribution in [1.29, 1.82) is 0 Å². The van der Waals surface area contributed by atoms with Crippen LogP contribution in [0, 0.1) is 5.41 Å². The van der Waals surface area contributed by atoms with Crippen LogP contribution in [0.5, 0.6) is 0 Å². The van der Waals surface area contributed by atoms with E-state index in [2.05, 4.69) is 27.7 Å². The van der Waals surface area contributed by atoms with Crippen LogP contribution in [0.1, 0.15) is 34.1 Å². The van der Waals surface area contributed by atoms with Gasteiger partial charge >= 0.3 is 0 Å². The molecule has 0 aliphatic heterocycles. The maximum Gasteiger partial charge on any atom is 0.0565 e. The van der Waals surface area contributed by atoms with Crippen molar-refractivity contribution < 1.29 is 5.11 Å². The second-order valence-electron chi connectivity index (χ2n) is 4.48. The predicted octanol–water partition coefficient (Wildman–Crippen LogP) is 1.86. The van der Waals surface area contributed by atoms with Crippen LogP contribution in [-0.4, -0.2) is 28.8 Å². The first kappa shape index (κ1) is 13.3. The van der Waals surface area contributed by atoms with E-state index in [4.69, 9.17) is 5.73 Å². The fraction of sp³-hybridized carbons (Fsp3) is 1.00. The molecule has 0 aliphatic carbocycles. The minimum absolute atomic E-state index is 0.0639. The Morgan fingerprint density at radius 1 is 1.38 bits per heavy atom. The molecule has 0 aromatic carbocycles. The quantitative estimate of drug-likeness (QED) is 0.720. The summed E-state index contributed by atoms with van der Waals surface area (Å²) in [7, 11) is 0. The van der Waals surface area contributed by atoms with Gasteiger partial charge in [0.05, 0.1) is 6.61 Å². The van der Waals surface area contributed by atoms with E-state index in [0.29, 0.717) is 0 Å². The molecule has 80 valence electrons. The largest absolute Gasteiger partial charge is 0.395 e. The first-order chi connectivity index (χ1) is 5.93. The maximum absolute atomic E-state index is 9.19. The van der Waals surface area contributed by atoms with Crippen molar-refractivity contribution in [1.82, 2.24) is 0 Å². The zero-order valence-electron chi connectivity index (χ0n) is 9.21. The lowest BCUT2D eigenvalue weighted by Crippen LogP contribution is -2.45. The van der Waals surface area contributed by atoms with Crippen LogP contribution in [0.4, 0.5) is 0 Å². The molecule has 0 spiro atoms. The number of aliphatic hydroxyl groups is 1. The molecule has 0 radical (unpaired) electrons. The van der Waals surface area contributed by atoms with Crippen LogP contribution in [0.2, 0.25) is 0 Å². The summed E-state index contributed by atoms with van der Waals surface area (Å²) in [4.78, 5) is 0. The molecule has 3 heteroatoms.